The smallest absolute Gasteiger partial charge is 0.00613 e. The summed E-state index contributed by atoms with van der Waals surface area (Å²) in [7, 11) is 2.29. The van der Waals surface area contributed by atoms with Gasteiger partial charge in [0.2, 0.25) is 0 Å². The van der Waals surface area contributed by atoms with E-state index < -0.39 is 0 Å². The van der Waals surface area contributed by atoms with Gasteiger partial charge in [-0.3, -0.25) is 0 Å². The summed E-state index contributed by atoms with van der Waals surface area (Å²) in [6.45, 7) is 15.7. The fourth-order valence-electron chi connectivity index (χ4n) is 3.37. The monoisotopic (exact) mass is 225 g/mol. The van der Waals surface area contributed by atoms with Crippen LogP contribution in [-0.2, 0) is 0 Å². The Kier molecular flexibility index (Phi) is 4.85. The molecule has 96 valence electrons. The third-order valence-corrected chi connectivity index (χ3v) is 5.68. The second-order valence-corrected chi connectivity index (χ2v) is 6.30. The van der Waals surface area contributed by atoms with E-state index in [2.05, 4.69) is 53.5 Å². The highest BCUT2D eigenvalue weighted by molar-refractivity contribution is 4.91. The van der Waals surface area contributed by atoms with Crippen LogP contribution in [0.25, 0.3) is 0 Å². The predicted octanol–water partition coefficient (Wildman–Crippen LogP) is 3.89. The minimum atomic E-state index is 0.727. The van der Waals surface area contributed by atoms with Crippen molar-refractivity contribution in [2.75, 3.05) is 13.6 Å². The summed E-state index contributed by atoms with van der Waals surface area (Å²) < 4.78 is 0. The lowest BCUT2D eigenvalue weighted by Gasteiger charge is -2.31. The minimum Gasteiger partial charge on any atom is -0.303 e. The van der Waals surface area contributed by atoms with Crippen LogP contribution < -0.4 is 0 Å². The molecule has 5 unspecified atom stereocenters. The van der Waals surface area contributed by atoms with Crippen LogP contribution in [0.5, 0.6) is 0 Å². The average molecular weight is 225 g/mol. The highest BCUT2D eigenvalue weighted by Gasteiger charge is 2.41. The van der Waals surface area contributed by atoms with Gasteiger partial charge in [-0.1, -0.05) is 34.6 Å². The zero-order valence-corrected chi connectivity index (χ0v) is 12.3. The summed E-state index contributed by atoms with van der Waals surface area (Å²) in [6, 6.07) is 0.727. The van der Waals surface area contributed by atoms with E-state index in [1.54, 1.807) is 0 Å². The number of nitrogens with zero attached hydrogens (tertiary/aromatic N) is 1. The summed E-state index contributed by atoms with van der Waals surface area (Å²) in [5.41, 5.74) is 0. The van der Waals surface area contributed by atoms with Crippen molar-refractivity contribution in [1.29, 1.82) is 0 Å². The van der Waals surface area contributed by atoms with Gasteiger partial charge in [0.15, 0.2) is 0 Å². The molecular weight excluding hydrogens is 194 g/mol. The standard InChI is InChI=1S/C15H31N/c1-8-10(2)16(7)9-15-13(5)11(3)12(4)14(15)6/h10-15H,8-9H2,1-7H3. The second kappa shape index (κ2) is 5.53. The van der Waals surface area contributed by atoms with Gasteiger partial charge in [-0.2, -0.15) is 0 Å². The van der Waals surface area contributed by atoms with Crippen molar-refractivity contribution in [2.45, 2.75) is 54.0 Å². The number of hydrogen-bond acceptors (Lipinski definition) is 1. The van der Waals surface area contributed by atoms with Crippen LogP contribution in [0.4, 0.5) is 0 Å². The molecular formula is C15H31N. The quantitative estimate of drug-likeness (QED) is 0.701. The van der Waals surface area contributed by atoms with Crippen LogP contribution in [0.2, 0.25) is 0 Å². The number of rotatable bonds is 4. The Labute approximate surface area is 103 Å². The molecule has 5 atom stereocenters. The van der Waals surface area contributed by atoms with Crippen LogP contribution in [-0.4, -0.2) is 24.5 Å². The van der Waals surface area contributed by atoms with Crippen LogP contribution in [0, 0.1) is 29.6 Å². The maximum atomic E-state index is 2.56. The summed E-state index contributed by atoms with van der Waals surface area (Å²) >= 11 is 0. The first-order valence-electron chi connectivity index (χ1n) is 7.10. The summed E-state index contributed by atoms with van der Waals surface area (Å²) in [6.07, 6.45) is 1.26. The lowest BCUT2D eigenvalue weighted by molar-refractivity contribution is 0.167. The summed E-state index contributed by atoms with van der Waals surface area (Å²) in [5.74, 6) is 4.45. The molecule has 1 saturated carbocycles. The molecule has 0 bridgehead atoms. The fourth-order valence-corrected chi connectivity index (χ4v) is 3.37. The highest BCUT2D eigenvalue weighted by Crippen LogP contribution is 2.45. The zero-order valence-electron chi connectivity index (χ0n) is 12.3. The Bertz CT molecular complexity index is 199. The van der Waals surface area contributed by atoms with Crippen molar-refractivity contribution in [1.82, 2.24) is 4.90 Å². The first kappa shape index (κ1) is 14.0. The largest absolute Gasteiger partial charge is 0.303 e. The van der Waals surface area contributed by atoms with Gasteiger partial charge in [0.1, 0.15) is 0 Å². The topological polar surface area (TPSA) is 3.24 Å². The van der Waals surface area contributed by atoms with Crippen LogP contribution in [0.15, 0.2) is 0 Å². The van der Waals surface area contributed by atoms with Crippen molar-refractivity contribution < 1.29 is 0 Å². The van der Waals surface area contributed by atoms with Gasteiger partial charge in [-0.15, -0.1) is 0 Å². The zero-order chi connectivity index (χ0) is 12.5. The molecule has 0 aromatic heterocycles. The van der Waals surface area contributed by atoms with Gasteiger partial charge >= 0.3 is 0 Å². The van der Waals surface area contributed by atoms with Crippen molar-refractivity contribution in [2.24, 2.45) is 29.6 Å². The molecule has 0 aromatic carbocycles. The Morgan fingerprint density at radius 2 is 1.38 bits per heavy atom. The molecule has 0 heterocycles. The van der Waals surface area contributed by atoms with E-state index in [9.17, 15) is 0 Å². The molecule has 16 heavy (non-hydrogen) atoms. The van der Waals surface area contributed by atoms with Crippen LogP contribution in [0.3, 0.4) is 0 Å². The fraction of sp³-hybridized carbons (Fsp3) is 1.00. The highest BCUT2D eigenvalue weighted by atomic mass is 15.1. The van der Waals surface area contributed by atoms with Crippen molar-refractivity contribution in [3.63, 3.8) is 0 Å². The molecule has 1 fully saturated rings. The third kappa shape index (κ3) is 2.61. The Morgan fingerprint density at radius 3 is 1.75 bits per heavy atom. The molecule has 0 saturated heterocycles. The van der Waals surface area contributed by atoms with Gasteiger partial charge in [0.05, 0.1) is 0 Å². The van der Waals surface area contributed by atoms with E-state index in [4.69, 9.17) is 0 Å². The van der Waals surface area contributed by atoms with E-state index in [0.717, 1.165) is 35.6 Å². The molecule has 1 rings (SSSR count). The normalized spacial score (nSPS) is 41.6. The third-order valence-electron chi connectivity index (χ3n) is 5.68. The van der Waals surface area contributed by atoms with E-state index in [1.807, 2.05) is 0 Å². The molecule has 0 amide bonds. The van der Waals surface area contributed by atoms with E-state index >= 15 is 0 Å². The molecule has 0 N–H and O–H groups in total. The lowest BCUT2D eigenvalue weighted by Crippen LogP contribution is -2.36. The molecule has 1 aliphatic carbocycles. The lowest BCUT2D eigenvalue weighted by atomic mass is 9.88. The van der Waals surface area contributed by atoms with Crippen molar-refractivity contribution in [3.8, 4) is 0 Å². The molecule has 0 spiro atoms. The summed E-state index contributed by atoms with van der Waals surface area (Å²) in [4.78, 5) is 2.56. The van der Waals surface area contributed by atoms with Gasteiger partial charge < -0.3 is 4.90 Å². The second-order valence-electron chi connectivity index (χ2n) is 6.30. The Morgan fingerprint density at radius 1 is 0.938 bits per heavy atom. The van der Waals surface area contributed by atoms with Gasteiger partial charge in [0.25, 0.3) is 0 Å². The maximum Gasteiger partial charge on any atom is 0.00613 e. The average Bonchev–Trinajstić information content (AvgIpc) is 2.45. The first-order valence-corrected chi connectivity index (χ1v) is 7.10. The maximum absolute atomic E-state index is 2.56. The number of hydrogen-bond donors (Lipinski definition) is 0. The van der Waals surface area contributed by atoms with Crippen molar-refractivity contribution in [3.05, 3.63) is 0 Å². The molecule has 0 radical (unpaired) electrons. The predicted molar refractivity (Wildman–Crippen MR) is 72.5 cm³/mol. The summed E-state index contributed by atoms with van der Waals surface area (Å²) in [5, 5.41) is 0. The molecule has 1 nitrogen and oxygen atoms in total. The van der Waals surface area contributed by atoms with Crippen molar-refractivity contribution >= 4 is 0 Å². The van der Waals surface area contributed by atoms with E-state index in [0.29, 0.717) is 0 Å². The SMILES string of the molecule is CCC(C)N(C)CC1C(C)C(C)C(C)C1C. The Balaban J connectivity index is 2.60. The first-order chi connectivity index (χ1) is 7.40. The Hall–Kier alpha value is -0.0400. The van der Waals surface area contributed by atoms with E-state index in [-0.39, 0.29) is 0 Å². The van der Waals surface area contributed by atoms with Gasteiger partial charge in [-0.25, -0.2) is 0 Å². The molecule has 1 aliphatic rings. The van der Waals surface area contributed by atoms with E-state index in [1.165, 1.54) is 13.0 Å². The minimum absolute atomic E-state index is 0.727. The van der Waals surface area contributed by atoms with Crippen LogP contribution >= 0.6 is 0 Å². The molecule has 1 heteroatoms. The van der Waals surface area contributed by atoms with Crippen LogP contribution in [0.1, 0.15) is 48.0 Å². The molecule has 0 aromatic rings. The van der Waals surface area contributed by atoms with Gasteiger partial charge in [-0.05, 0) is 50.0 Å². The van der Waals surface area contributed by atoms with Gasteiger partial charge in [0, 0.05) is 12.6 Å². The molecule has 0 aliphatic heterocycles.